The van der Waals surface area contributed by atoms with Crippen LogP contribution in [0, 0.1) is 13.8 Å². The minimum Gasteiger partial charge on any atom is -0.309 e. The van der Waals surface area contributed by atoms with Crippen molar-refractivity contribution in [1.82, 2.24) is 14.8 Å². The molecule has 5 heteroatoms. The molecule has 1 fully saturated rings. The summed E-state index contributed by atoms with van der Waals surface area (Å²) in [5.74, 6) is 2.17. The first-order valence-electron chi connectivity index (χ1n) is 7.19. The van der Waals surface area contributed by atoms with Crippen molar-refractivity contribution in [2.24, 2.45) is 7.05 Å². The van der Waals surface area contributed by atoms with Crippen molar-refractivity contribution < 1.29 is 4.79 Å². The van der Waals surface area contributed by atoms with Crippen LogP contribution < -0.4 is 0 Å². The molecule has 0 aliphatic heterocycles. The lowest BCUT2D eigenvalue weighted by Crippen LogP contribution is -2.05. The van der Waals surface area contributed by atoms with Gasteiger partial charge in [-0.25, -0.2) is 0 Å². The Kier molecular flexibility index (Phi) is 3.85. The molecule has 0 atom stereocenters. The first kappa shape index (κ1) is 14.3. The van der Waals surface area contributed by atoms with Crippen LogP contribution >= 0.6 is 11.8 Å². The van der Waals surface area contributed by atoms with E-state index in [9.17, 15) is 4.79 Å². The maximum atomic E-state index is 12.3. The summed E-state index contributed by atoms with van der Waals surface area (Å²) in [6.07, 6.45) is 2.41. The summed E-state index contributed by atoms with van der Waals surface area (Å²) in [6.45, 7) is 4.08. The van der Waals surface area contributed by atoms with Gasteiger partial charge in [-0.3, -0.25) is 4.79 Å². The Morgan fingerprint density at radius 3 is 2.71 bits per heavy atom. The van der Waals surface area contributed by atoms with E-state index in [2.05, 4.69) is 17.1 Å². The molecule has 0 saturated heterocycles. The topological polar surface area (TPSA) is 47.8 Å². The Morgan fingerprint density at radius 2 is 2.05 bits per heavy atom. The third kappa shape index (κ3) is 3.02. The second-order valence-electron chi connectivity index (χ2n) is 5.68. The van der Waals surface area contributed by atoms with Gasteiger partial charge in [0.25, 0.3) is 0 Å². The van der Waals surface area contributed by atoms with Crippen molar-refractivity contribution in [1.29, 1.82) is 0 Å². The van der Waals surface area contributed by atoms with E-state index in [1.807, 2.05) is 36.7 Å². The predicted molar refractivity (Wildman–Crippen MR) is 83.9 cm³/mol. The third-order valence-corrected chi connectivity index (χ3v) is 4.99. The van der Waals surface area contributed by atoms with E-state index in [-0.39, 0.29) is 5.78 Å². The quantitative estimate of drug-likeness (QED) is 0.628. The lowest BCUT2D eigenvalue weighted by Gasteiger charge is -2.05. The van der Waals surface area contributed by atoms with Gasteiger partial charge in [-0.1, -0.05) is 23.9 Å². The van der Waals surface area contributed by atoms with Gasteiger partial charge in [-0.05, 0) is 43.9 Å². The molecule has 1 saturated carbocycles. The summed E-state index contributed by atoms with van der Waals surface area (Å²) in [4.78, 5) is 12.3. The van der Waals surface area contributed by atoms with Crippen LogP contribution in [0.1, 0.15) is 46.1 Å². The van der Waals surface area contributed by atoms with Crippen molar-refractivity contribution in [2.75, 3.05) is 5.75 Å². The summed E-state index contributed by atoms with van der Waals surface area (Å²) in [5.41, 5.74) is 3.14. The molecular formula is C16H19N3OS. The molecular weight excluding hydrogens is 282 g/mol. The maximum Gasteiger partial charge on any atom is 0.191 e. The van der Waals surface area contributed by atoms with Crippen LogP contribution in [-0.2, 0) is 7.05 Å². The SMILES string of the molecule is Cc1ccc(C(=O)CSc2nnc(C3CC3)n2C)cc1C. The number of thioether (sulfide) groups is 1. The summed E-state index contributed by atoms with van der Waals surface area (Å²) < 4.78 is 2.02. The minimum atomic E-state index is 0.138. The Hall–Kier alpha value is -1.62. The second kappa shape index (κ2) is 5.64. The molecule has 0 radical (unpaired) electrons. The molecule has 110 valence electrons. The fraction of sp³-hybridized carbons (Fsp3) is 0.438. The lowest BCUT2D eigenvalue weighted by molar-refractivity contribution is 0.102. The first-order valence-corrected chi connectivity index (χ1v) is 8.17. The number of hydrogen-bond acceptors (Lipinski definition) is 4. The van der Waals surface area contributed by atoms with Crippen LogP contribution in [0.2, 0.25) is 0 Å². The Labute approximate surface area is 129 Å². The lowest BCUT2D eigenvalue weighted by atomic mass is 10.0. The van der Waals surface area contributed by atoms with Crippen molar-refractivity contribution in [3.05, 3.63) is 40.7 Å². The fourth-order valence-corrected chi connectivity index (χ4v) is 3.09. The smallest absolute Gasteiger partial charge is 0.191 e. The number of hydrogen-bond donors (Lipinski definition) is 0. The summed E-state index contributed by atoms with van der Waals surface area (Å²) in [7, 11) is 1.98. The zero-order chi connectivity index (χ0) is 15.0. The van der Waals surface area contributed by atoms with E-state index in [1.165, 1.54) is 30.2 Å². The van der Waals surface area contributed by atoms with Crippen LogP contribution in [0.4, 0.5) is 0 Å². The molecule has 1 heterocycles. The van der Waals surface area contributed by atoms with E-state index >= 15 is 0 Å². The summed E-state index contributed by atoms with van der Waals surface area (Å²) >= 11 is 1.47. The standard InChI is InChI=1S/C16H19N3OS/c1-10-4-5-13(8-11(10)2)14(20)9-21-16-18-17-15(19(16)3)12-6-7-12/h4-5,8,12H,6-7,9H2,1-3H3. The van der Waals surface area contributed by atoms with Gasteiger partial charge >= 0.3 is 0 Å². The molecule has 0 bridgehead atoms. The van der Waals surface area contributed by atoms with E-state index < -0.39 is 0 Å². The van der Waals surface area contributed by atoms with Crippen LogP contribution in [0.3, 0.4) is 0 Å². The van der Waals surface area contributed by atoms with E-state index in [4.69, 9.17) is 0 Å². The van der Waals surface area contributed by atoms with E-state index in [0.29, 0.717) is 11.7 Å². The fourth-order valence-electron chi connectivity index (χ4n) is 2.28. The number of nitrogens with zero attached hydrogens (tertiary/aromatic N) is 3. The molecule has 0 amide bonds. The Bertz CT molecular complexity index is 689. The minimum absolute atomic E-state index is 0.138. The van der Waals surface area contributed by atoms with Gasteiger partial charge in [0.1, 0.15) is 5.82 Å². The van der Waals surface area contributed by atoms with Crippen LogP contribution in [0.5, 0.6) is 0 Å². The highest BCUT2D eigenvalue weighted by molar-refractivity contribution is 7.99. The van der Waals surface area contributed by atoms with Crippen molar-refractivity contribution in [3.8, 4) is 0 Å². The van der Waals surface area contributed by atoms with E-state index in [0.717, 1.165) is 22.1 Å². The highest BCUT2D eigenvalue weighted by atomic mass is 32.2. The van der Waals surface area contributed by atoms with Crippen molar-refractivity contribution >= 4 is 17.5 Å². The molecule has 1 aromatic carbocycles. The molecule has 3 rings (SSSR count). The van der Waals surface area contributed by atoms with E-state index in [1.54, 1.807) is 0 Å². The zero-order valence-electron chi connectivity index (χ0n) is 12.6. The van der Waals surface area contributed by atoms with Gasteiger partial charge in [0.05, 0.1) is 5.75 Å². The molecule has 1 aliphatic carbocycles. The predicted octanol–water partition coefficient (Wildman–Crippen LogP) is 3.28. The highest BCUT2D eigenvalue weighted by Gasteiger charge is 2.29. The number of aryl methyl sites for hydroxylation is 2. The van der Waals surface area contributed by atoms with Crippen molar-refractivity contribution in [3.63, 3.8) is 0 Å². The number of rotatable bonds is 5. The van der Waals surface area contributed by atoms with Crippen molar-refractivity contribution in [2.45, 2.75) is 37.8 Å². The average Bonchev–Trinajstić information content (AvgIpc) is 3.24. The average molecular weight is 301 g/mol. The molecule has 1 aromatic heterocycles. The molecule has 21 heavy (non-hydrogen) atoms. The maximum absolute atomic E-state index is 12.3. The van der Waals surface area contributed by atoms with Gasteiger partial charge in [0.2, 0.25) is 0 Å². The first-order chi connectivity index (χ1) is 10.1. The summed E-state index contributed by atoms with van der Waals surface area (Å²) in [5, 5.41) is 9.26. The normalized spacial score (nSPS) is 14.4. The van der Waals surface area contributed by atoms with Gasteiger partial charge in [-0.2, -0.15) is 0 Å². The van der Waals surface area contributed by atoms with Gasteiger partial charge < -0.3 is 4.57 Å². The number of carbonyl (C=O) groups is 1. The number of carbonyl (C=O) groups excluding carboxylic acids is 1. The Morgan fingerprint density at radius 1 is 1.29 bits per heavy atom. The monoisotopic (exact) mass is 301 g/mol. The van der Waals surface area contributed by atoms with Crippen LogP contribution in [0.25, 0.3) is 0 Å². The molecule has 0 N–H and O–H groups in total. The molecule has 4 nitrogen and oxygen atoms in total. The number of benzene rings is 1. The molecule has 2 aromatic rings. The molecule has 1 aliphatic rings. The van der Waals surface area contributed by atoms with Gasteiger partial charge in [-0.15, -0.1) is 10.2 Å². The van der Waals surface area contributed by atoms with Gasteiger partial charge in [0.15, 0.2) is 10.9 Å². The highest BCUT2D eigenvalue weighted by Crippen LogP contribution is 2.39. The second-order valence-corrected chi connectivity index (χ2v) is 6.63. The summed E-state index contributed by atoms with van der Waals surface area (Å²) in [6, 6.07) is 5.86. The molecule has 0 spiro atoms. The van der Waals surface area contributed by atoms with Crippen LogP contribution in [0.15, 0.2) is 23.4 Å². The van der Waals surface area contributed by atoms with Crippen LogP contribution in [-0.4, -0.2) is 26.3 Å². The number of Topliss-reactive ketones (excluding diaryl/α,β-unsaturated/α-hetero) is 1. The zero-order valence-corrected chi connectivity index (χ0v) is 13.4. The van der Waals surface area contributed by atoms with Gasteiger partial charge in [0, 0.05) is 18.5 Å². The number of ketones is 1. The molecule has 0 unspecified atom stereocenters. The Balaban J connectivity index is 1.66. The third-order valence-electron chi connectivity index (χ3n) is 3.97. The largest absolute Gasteiger partial charge is 0.309 e. The number of aromatic nitrogens is 3.